The van der Waals surface area contributed by atoms with E-state index in [1.165, 1.54) is 44.1 Å². The Kier molecular flexibility index (Phi) is 5.76. The first kappa shape index (κ1) is 19.8. The summed E-state index contributed by atoms with van der Waals surface area (Å²) in [6.45, 7) is 3.05. The van der Waals surface area contributed by atoms with Gasteiger partial charge in [-0.3, -0.25) is 0 Å². The third kappa shape index (κ3) is 4.40. The molecular weight excluding hydrogens is 387 g/mol. The fraction of sp³-hybridized carbons (Fsp3) is 0.217. The van der Waals surface area contributed by atoms with Gasteiger partial charge in [0.15, 0.2) is 0 Å². The van der Waals surface area contributed by atoms with Gasteiger partial charge in [-0.2, -0.15) is 4.31 Å². The fourth-order valence-electron chi connectivity index (χ4n) is 3.75. The Hall–Kier alpha value is -2.54. The quantitative estimate of drug-likeness (QED) is 0.701. The summed E-state index contributed by atoms with van der Waals surface area (Å²) in [5.74, 6) is -0.694. The van der Waals surface area contributed by atoms with E-state index in [1.54, 1.807) is 6.07 Å². The average Bonchev–Trinajstić information content (AvgIpc) is 2.75. The van der Waals surface area contributed by atoms with Crippen LogP contribution in [-0.2, 0) is 16.6 Å². The fourth-order valence-corrected chi connectivity index (χ4v) is 5.25. The summed E-state index contributed by atoms with van der Waals surface area (Å²) in [6, 6.07) is 24.4. The van der Waals surface area contributed by atoms with Crippen LogP contribution in [0, 0.1) is 5.82 Å². The minimum atomic E-state index is -3.78. The molecule has 1 aliphatic rings. The van der Waals surface area contributed by atoms with Gasteiger partial charge in [0.2, 0.25) is 10.0 Å². The summed E-state index contributed by atoms with van der Waals surface area (Å²) in [7, 11) is -3.78. The molecule has 0 bridgehead atoms. The maximum atomic E-state index is 13.9. The van der Waals surface area contributed by atoms with E-state index in [9.17, 15) is 12.8 Å². The van der Waals surface area contributed by atoms with Crippen molar-refractivity contribution in [3.63, 3.8) is 0 Å². The predicted molar refractivity (Wildman–Crippen MR) is 111 cm³/mol. The molecule has 1 aliphatic heterocycles. The highest BCUT2D eigenvalue weighted by Gasteiger charge is 2.32. The van der Waals surface area contributed by atoms with Crippen molar-refractivity contribution in [2.75, 3.05) is 26.2 Å². The largest absolute Gasteiger partial charge is 0.329 e. The number of nitrogens with zero attached hydrogens (tertiary/aromatic N) is 1. The van der Waals surface area contributed by atoms with Crippen LogP contribution in [0.1, 0.15) is 5.56 Å². The van der Waals surface area contributed by atoms with Gasteiger partial charge in [0.1, 0.15) is 17.3 Å². The number of sulfonamides is 1. The van der Waals surface area contributed by atoms with Crippen LogP contribution in [0.3, 0.4) is 0 Å². The van der Waals surface area contributed by atoms with Crippen molar-refractivity contribution < 1.29 is 17.7 Å². The molecule has 3 aromatic rings. The van der Waals surface area contributed by atoms with Crippen LogP contribution < -0.4 is 4.90 Å². The van der Waals surface area contributed by atoms with E-state index in [-0.39, 0.29) is 4.90 Å². The van der Waals surface area contributed by atoms with Crippen molar-refractivity contribution in [2.24, 2.45) is 0 Å². The van der Waals surface area contributed by atoms with Crippen molar-refractivity contribution in [3.8, 4) is 11.1 Å². The van der Waals surface area contributed by atoms with Crippen LogP contribution in [0.15, 0.2) is 83.8 Å². The molecule has 1 N–H and O–H groups in total. The van der Waals surface area contributed by atoms with Crippen LogP contribution in [0.4, 0.5) is 4.39 Å². The molecule has 0 atom stereocenters. The first-order valence-corrected chi connectivity index (χ1v) is 11.2. The Labute approximate surface area is 171 Å². The number of hydrogen-bond acceptors (Lipinski definition) is 2. The van der Waals surface area contributed by atoms with Crippen LogP contribution in [0.5, 0.6) is 0 Å². The van der Waals surface area contributed by atoms with Gasteiger partial charge in [-0.25, -0.2) is 12.8 Å². The molecule has 0 aliphatic carbocycles. The van der Waals surface area contributed by atoms with Gasteiger partial charge in [0.05, 0.1) is 26.2 Å². The van der Waals surface area contributed by atoms with Gasteiger partial charge >= 0.3 is 0 Å². The van der Waals surface area contributed by atoms with Gasteiger partial charge in [0, 0.05) is 5.56 Å². The lowest BCUT2D eigenvalue weighted by molar-refractivity contribution is -0.917. The number of quaternary nitrogens is 1. The zero-order valence-electron chi connectivity index (χ0n) is 16.1. The van der Waals surface area contributed by atoms with Crippen molar-refractivity contribution in [1.82, 2.24) is 4.31 Å². The lowest BCUT2D eigenvalue weighted by Crippen LogP contribution is -3.13. The van der Waals surface area contributed by atoms with Gasteiger partial charge in [-0.05, 0) is 23.3 Å². The third-order valence-electron chi connectivity index (χ3n) is 5.40. The molecule has 1 fully saturated rings. The van der Waals surface area contributed by atoms with E-state index in [0.717, 1.165) is 6.54 Å². The summed E-state index contributed by atoms with van der Waals surface area (Å²) < 4.78 is 40.8. The average molecular weight is 412 g/mol. The number of nitrogens with one attached hydrogen (secondary N) is 1. The zero-order chi connectivity index (χ0) is 20.3. The predicted octanol–water partition coefficient (Wildman–Crippen LogP) is 2.58. The normalized spacial score (nSPS) is 16.0. The molecule has 0 radical (unpaired) electrons. The summed E-state index contributed by atoms with van der Waals surface area (Å²) in [5, 5.41) is 0. The summed E-state index contributed by atoms with van der Waals surface area (Å²) >= 11 is 0. The number of benzene rings is 3. The molecule has 0 amide bonds. The molecule has 0 saturated carbocycles. The highest BCUT2D eigenvalue weighted by molar-refractivity contribution is 7.89. The Morgan fingerprint density at radius 2 is 1.38 bits per heavy atom. The van der Waals surface area contributed by atoms with Gasteiger partial charge < -0.3 is 4.90 Å². The second kappa shape index (κ2) is 8.45. The monoisotopic (exact) mass is 411 g/mol. The topological polar surface area (TPSA) is 41.8 Å². The SMILES string of the molecule is O=S(=O)(c1ccccc1F)N1CC[NH+](Cc2ccc(-c3ccccc3)cc2)CC1. The maximum absolute atomic E-state index is 13.9. The minimum absolute atomic E-state index is 0.236. The summed E-state index contributed by atoms with van der Waals surface area (Å²) in [4.78, 5) is 1.09. The molecule has 1 saturated heterocycles. The van der Waals surface area contributed by atoms with Gasteiger partial charge in [-0.1, -0.05) is 66.7 Å². The molecule has 0 aromatic heterocycles. The van der Waals surface area contributed by atoms with Crippen molar-refractivity contribution >= 4 is 10.0 Å². The molecule has 29 heavy (non-hydrogen) atoms. The summed E-state index contributed by atoms with van der Waals surface area (Å²) in [6.07, 6.45) is 0. The standard InChI is InChI=1S/C23H23FN2O2S/c24-22-8-4-5-9-23(22)29(27,28)26-16-14-25(15-17-26)18-19-10-12-21(13-11-19)20-6-2-1-3-7-20/h1-13H,14-18H2/p+1. The van der Waals surface area contributed by atoms with E-state index >= 15 is 0 Å². The highest BCUT2D eigenvalue weighted by Crippen LogP contribution is 2.20. The number of hydrogen-bond donors (Lipinski definition) is 1. The Morgan fingerprint density at radius 1 is 0.793 bits per heavy atom. The minimum Gasteiger partial charge on any atom is -0.329 e. The Morgan fingerprint density at radius 3 is 2.03 bits per heavy atom. The smallest absolute Gasteiger partial charge is 0.246 e. The molecule has 4 nitrogen and oxygen atoms in total. The van der Waals surface area contributed by atoms with E-state index < -0.39 is 15.8 Å². The van der Waals surface area contributed by atoms with Crippen molar-refractivity contribution in [2.45, 2.75) is 11.4 Å². The lowest BCUT2D eigenvalue weighted by Gasteiger charge is -2.31. The van der Waals surface area contributed by atoms with E-state index in [4.69, 9.17) is 0 Å². The Bertz CT molecular complexity index is 1060. The molecule has 6 heteroatoms. The maximum Gasteiger partial charge on any atom is 0.246 e. The lowest BCUT2D eigenvalue weighted by atomic mass is 10.0. The van der Waals surface area contributed by atoms with Crippen LogP contribution in [-0.4, -0.2) is 38.9 Å². The zero-order valence-corrected chi connectivity index (χ0v) is 16.9. The van der Waals surface area contributed by atoms with Crippen LogP contribution in [0.2, 0.25) is 0 Å². The molecule has 0 unspecified atom stereocenters. The molecule has 150 valence electrons. The van der Waals surface area contributed by atoms with Crippen molar-refractivity contribution in [1.29, 1.82) is 0 Å². The number of halogens is 1. The molecule has 1 heterocycles. The molecule has 3 aromatic carbocycles. The third-order valence-corrected chi connectivity index (χ3v) is 7.33. The number of rotatable bonds is 5. The van der Waals surface area contributed by atoms with E-state index in [0.29, 0.717) is 26.2 Å². The van der Waals surface area contributed by atoms with E-state index in [1.807, 2.05) is 18.2 Å². The van der Waals surface area contributed by atoms with Crippen LogP contribution >= 0.6 is 0 Å². The second-order valence-corrected chi connectivity index (χ2v) is 9.23. The first-order chi connectivity index (χ1) is 14.0. The molecule has 4 rings (SSSR count). The molecule has 0 spiro atoms. The first-order valence-electron chi connectivity index (χ1n) is 9.77. The van der Waals surface area contributed by atoms with Crippen molar-refractivity contribution in [3.05, 3.63) is 90.2 Å². The second-order valence-electron chi connectivity index (χ2n) is 7.32. The molecular formula is C23H24FN2O2S+. The summed E-state index contributed by atoms with van der Waals surface area (Å²) in [5.41, 5.74) is 3.61. The van der Waals surface area contributed by atoms with Gasteiger partial charge in [-0.15, -0.1) is 0 Å². The van der Waals surface area contributed by atoms with Crippen LogP contribution in [0.25, 0.3) is 11.1 Å². The highest BCUT2D eigenvalue weighted by atomic mass is 32.2. The Balaban J connectivity index is 1.37. The number of piperazine rings is 1. The van der Waals surface area contributed by atoms with Gasteiger partial charge in [0.25, 0.3) is 0 Å². The van der Waals surface area contributed by atoms with E-state index in [2.05, 4.69) is 36.4 Å².